The van der Waals surface area contributed by atoms with Gasteiger partial charge in [-0.3, -0.25) is 18.7 Å². The molecule has 0 radical (unpaired) electrons. The van der Waals surface area contributed by atoms with Gasteiger partial charge in [0, 0.05) is 5.25 Å². The SMILES string of the molecule is CC(C)S(O)(O)CC(=O)C(=O)[C@@H](N)CCC1CCCCC1. The predicted octanol–water partition coefficient (Wildman–Crippen LogP) is 2.97. The highest BCUT2D eigenvalue weighted by Gasteiger charge is 2.29. The monoisotopic (exact) mass is 319 g/mol. The van der Waals surface area contributed by atoms with Gasteiger partial charge in [0.15, 0.2) is 0 Å². The Morgan fingerprint density at radius 3 is 2.29 bits per heavy atom. The Kier molecular flexibility index (Phi) is 7.33. The van der Waals surface area contributed by atoms with Crippen LogP contribution in [0.3, 0.4) is 0 Å². The highest BCUT2D eigenvalue weighted by molar-refractivity contribution is 8.25. The normalized spacial score (nSPS) is 19.5. The maximum absolute atomic E-state index is 11.9. The van der Waals surface area contributed by atoms with Crippen molar-refractivity contribution in [2.24, 2.45) is 11.7 Å². The van der Waals surface area contributed by atoms with E-state index in [-0.39, 0.29) is 0 Å². The molecule has 4 N–H and O–H groups in total. The van der Waals surface area contributed by atoms with Crippen molar-refractivity contribution >= 4 is 22.2 Å². The molecule has 0 amide bonds. The zero-order valence-corrected chi connectivity index (χ0v) is 13.9. The van der Waals surface area contributed by atoms with Crippen molar-refractivity contribution in [3.8, 4) is 0 Å². The summed E-state index contributed by atoms with van der Waals surface area (Å²) >= 11 is 0. The first kappa shape index (κ1) is 18.6. The lowest BCUT2D eigenvalue weighted by molar-refractivity contribution is -0.136. The second-order valence-electron chi connectivity index (χ2n) is 6.39. The molecule has 21 heavy (non-hydrogen) atoms. The second-order valence-corrected chi connectivity index (χ2v) is 9.05. The minimum Gasteiger partial charge on any atom is -0.321 e. The van der Waals surface area contributed by atoms with E-state index in [1.165, 1.54) is 32.1 Å². The third-order valence-electron chi connectivity index (χ3n) is 4.32. The first-order valence-electron chi connectivity index (χ1n) is 7.81. The highest BCUT2D eigenvalue weighted by atomic mass is 32.3. The maximum atomic E-state index is 11.9. The minimum absolute atomic E-state index is 0.437. The van der Waals surface area contributed by atoms with E-state index in [0.717, 1.165) is 6.42 Å². The maximum Gasteiger partial charge on any atom is 0.218 e. The molecule has 1 saturated carbocycles. The number of rotatable bonds is 8. The van der Waals surface area contributed by atoms with Crippen molar-refractivity contribution in [3.05, 3.63) is 0 Å². The zero-order valence-electron chi connectivity index (χ0n) is 13.1. The van der Waals surface area contributed by atoms with Gasteiger partial charge in [-0.15, -0.1) is 0 Å². The molecule has 0 aromatic rings. The van der Waals surface area contributed by atoms with Crippen LogP contribution >= 0.6 is 10.6 Å². The van der Waals surface area contributed by atoms with E-state index in [9.17, 15) is 18.7 Å². The molecular weight excluding hydrogens is 290 g/mol. The van der Waals surface area contributed by atoms with Crippen molar-refractivity contribution in [2.45, 2.75) is 70.1 Å². The van der Waals surface area contributed by atoms with E-state index in [4.69, 9.17) is 5.73 Å². The van der Waals surface area contributed by atoms with Gasteiger partial charge >= 0.3 is 0 Å². The summed E-state index contributed by atoms with van der Waals surface area (Å²) in [5.41, 5.74) is 5.81. The van der Waals surface area contributed by atoms with Gasteiger partial charge in [-0.2, -0.15) is 10.6 Å². The lowest BCUT2D eigenvalue weighted by atomic mass is 9.85. The molecule has 1 aliphatic carbocycles. The molecule has 0 saturated heterocycles. The summed E-state index contributed by atoms with van der Waals surface area (Å²) < 4.78 is 19.5. The molecule has 5 nitrogen and oxygen atoms in total. The van der Waals surface area contributed by atoms with Gasteiger partial charge in [0.05, 0.1) is 6.04 Å². The van der Waals surface area contributed by atoms with Crippen LogP contribution in [-0.4, -0.2) is 37.7 Å². The van der Waals surface area contributed by atoms with Gasteiger partial charge in [-0.25, -0.2) is 0 Å². The number of hydrogen-bond acceptors (Lipinski definition) is 5. The molecule has 1 atom stereocenters. The Hall–Kier alpha value is -0.430. The first-order valence-corrected chi connectivity index (χ1v) is 9.59. The summed E-state index contributed by atoms with van der Waals surface area (Å²) in [6, 6.07) is -0.804. The van der Waals surface area contributed by atoms with Crippen LogP contribution in [0.2, 0.25) is 0 Å². The lowest BCUT2D eigenvalue weighted by Crippen LogP contribution is -2.39. The number of Topliss-reactive ketones (excluding diaryl/α,β-unsaturated/α-hetero) is 2. The largest absolute Gasteiger partial charge is 0.321 e. The van der Waals surface area contributed by atoms with Crippen molar-refractivity contribution in [2.75, 3.05) is 5.75 Å². The van der Waals surface area contributed by atoms with Crippen LogP contribution in [0.15, 0.2) is 0 Å². The Bertz CT molecular complexity index is 365. The fourth-order valence-corrected chi connectivity index (χ4v) is 3.52. The van der Waals surface area contributed by atoms with Crippen molar-refractivity contribution < 1.29 is 18.7 Å². The molecule has 0 spiro atoms. The van der Waals surface area contributed by atoms with E-state index in [0.29, 0.717) is 12.3 Å². The predicted molar refractivity (Wildman–Crippen MR) is 86.7 cm³/mol. The average molecular weight is 319 g/mol. The topological polar surface area (TPSA) is 101 Å². The molecule has 0 bridgehead atoms. The average Bonchev–Trinajstić information content (AvgIpc) is 2.44. The second kappa shape index (κ2) is 8.27. The third-order valence-corrected chi connectivity index (χ3v) is 6.52. The van der Waals surface area contributed by atoms with Crippen LogP contribution in [0.1, 0.15) is 58.8 Å². The summed E-state index contributed by atoms with van der Waals surface area (Å²) in [6.07, 6.45) is 7.51. The van der Waals surface area contributed by atoms with Crippen molar-refractivity contribution in [1.82, 2.24) is 0 Å². The Morgan fingerprint density at radius 2 is 1.76 bits per heavy atom. The summed E-state index contributed by atoms with van der Waals surface area (Å²) in [7, 11) is -3.04. The first-order chi connectivity index (χ1) is 9.74. The third kappa shape index (κ3) is 6.06. The van der Waals surface area contributed by atoms with E-state index in [1.807, 2.05) is 0 Å². The molecule has 0 aliphatic heterocycles. The van der Waals surface area contributed by atoms with Crippen LogP contribution in [0.25, 0.3) is 0 Å². The zero-order chi connectivity index (χ0) is 16.0. The molecule has 0 aromatic carbocycles. The van der Waals surface area contributed by atoms with E-state index in [1.54, 1.807) is 13.8 Å². The number of carbonyl (C=O) groups excluding carboxylic acids is 2. The van der Waals surface area contributed by atoms with Crippen LogP contribution in [-0.2, 0) is 9.59 Å². The molecule has 124 valence electrons. The van der Waals surface area contributed by atoms with Crippen LogP contribution in [0.5, 0.6) is 0 Å². The number of ketones is 2. The fourth-order valence-electron chi connectivity index (χ4n) is 2.66. The standard InChI is InChI=1S/C15H29NO4S/c1-11(2)21(19,20)10-14(17)15(18)13(16)9-8-12-6-4-3-5-7-12/h11-13,19-20H,3-10,16H2,1-2H3/t13-/m0/s1. The van der Waals surface area contributed by atoms with E-state index < -0.39 is 39.2 Å². The molecular formula is C15H29NO4S. The molecule has 6 heteroatoms. The Morgan fingerprint density at radius 1 is 1.19 bits per heavy atom. The molecule has 0 unspecified atom stereocenters. The Balaban J connectivity index is 2.40. The van der Waals surface area contributed by atoms with Gasteiger partial charge in [0.2, 0.25) is 11.6 Å². The lowest BCUT2D eigenvalue weighted by Gasteiger charge is -2.35. The van der Waals surface area contributed by atoms with Gasteiger partial charge in [-0.1, -0.05) is 32.1 Å². The summed E-state index contributed by atoms with van der Waals surface area (Å²) in [6.45, 7) is 3.24. The summed E-state index contributed by atoms with van der Waals surface area (Å²) in [4.78, 5) is 23.8. The minimum atomic E-state index is -3.04. The number of hydrogen-bond donors (Lipinski definition) is 3. The summed E-state index contributed by atoms with van der Waals surface area (Å²) in [5, 5.41) is -0.437. The number of nitrogens with two attached hydrogens (primary N) is 1. The smallest absolute Gasteiger partial charge is 0.218 e. The Labute approximate surface area is 129 Å². The molecule has 1 fully saturated rings. The van der Waals surface area contributed by atoms with Gasteiger partial charge in [0.1, 0.15) is 5.75 Å². The van der Waals surface area contributed by atoms with Crippen molar-refractivity contribution in [3.63, 3.8) is 0 Å². The number of carbonyl (C=O) groups is 2. The summed E-state index contributed by atoms with van der Waals surface area (Å²) in [5.74, 6) is -1.30. The van der Waals surface area contributed by atoms with Gasteiger partial charge < -0.3 is 5.73 Å². The van der Waals surface area contributed by atoms with Crippen LogP contribution in [0, 0.1) is 5.92 Å². The molecule has 1 rings (SSSR count). The van der Waals surface area contributed by atoms with Gasteiger partial charge in [0.25, 0.3) is 0 Å². The molecule has 1 aliphatic rings. The quantitative estimate of drug-likeness (QED) is 0.597. The highest BCUT2D eigenvalue weighted by Crippen LogP contribution is 2.43. The van der Waals surface area contributed by atoms with Crippen LogP contribution < -0.4 is 5.73 Å². The molecule has 0 heterocycles. The van der Waals surface area contributed by atoms with E-state index in [2.05, 4.69) is 0 Å². The van der Waals surface area contributed by atoms with E-state index >= 15 is 0 Å². The van der Waals surface area contributed by atoms with Crippen LogP contribution in [0.4, 0.5) is 0 Å². The van der Waals surface area contributed by atoms with Crippen molar-refractivity contribution in [1.29, 1.82) is 0 Å². The fraction of sp³-hybridized carbons (Fsp3) is 0.867. The molecule has 0 aromatic heterocycles. The van der Waals surface area contributed by atoms with Gasteiger partial charge in [-0.05, 0) is 32.6 Å².